The van der Waals surface area contributed by atoms with Crippen molar-refractivity contribution >= 4 is 22.9 Å². The van der Waals surface area contributed by atoms with Crippen molar-refractivity contribution in [1.82, 2.24) is 14.9 Å². The summed E-state index contributed by atoms with van der Waals surface area (Å²) in [5.41, 5.74) is 4.52. The van der Waals surface area contributed by atoms with E-state index < -0.39 is 17.4 Å². The van der Waals surface area contributed by atoms with Gasteiger partial charge in [-0.1, -0.05) is 66.7 Å². The van der Waals surface area contributed by atoms with Gasteiger partial charge in [-0.05, 0) is 71.7 Å². The van der Waals surface area contributed by atoms with Gasteiger partial charge in [-0.3, -0.25) is 14.4 Å². The van der Waals surface area contributed by atoms with Crippen molar-refractivity contribution in [2.75, 3.05) is 0 Å². The number of amides is 1. The van der Waals surface area contributed by atoms with Crippen molar-refractivity contribution in [3.63, 3.8) is 0 Å². The smallest absolute Gasteiger partial charge is 0.307 e. The third-order valence-electron chi connectivity index (χ3n) is 8.34. The molecule has 7 nitrogen and oxygen atoms in total. The second kappa shape index (κ2) is 9.55. The van der Waals surface area contributed by atoms with E-state index in [1.54, 1.807) is 29.1 Å². The van der Waals surface area contributed by atoms with E-state index in [4.69, 9.17) is 0 Å². The topological polar surface area (TPSA) is 101 Å². The number of carbonyl (C=O) groups is 2. The Labute approximate surface area is 236 Å². The molecule has 3 aromatic carbocycles. The Morgan fingerprint density at radius 1 is 0.902 bits per heavy atom. The molecule has 0 bridgehead atoms. The Kier molecular flexibility index (Phi) is 5.82. The van der Waals surface area contributed by atoms with Crippen LogP contribution in [-0.2, 0) is 10.3 Å². The summed E-state index contributed by atoms with van der Waals surface area (Å²) in [6.07, 6.45) is 5.56. The average molecular weight is 542 g/mol. The van der Waals surface area contributed by atoms with Gasteiger partial charge in [0.1, 0.15) is 11.2 Å². The van der Waals surface area contributed by atoms with E-state index in [0.29, 0.717) is 17.5 Å². The first-order valence-corrected chi connectivity index (χ1v) is 13.8. The summed E-state index contributed by atoms with van der Waals surface area (Å²) in [6.45, 7) is 0. The summed E-state index contributed by atoms with van der Waals surface area (Å²) in [5.74, 6) is -1.36. The fraction of sp³-hybridized carbons (Fsp3) is 0.176. The highest BCUT2D eigenvalue weighted by atomic mass is 16.4. The number of carboxylic acids is 1. The van der Waals surface area contributed by atoms with Gasteiger partial charge in [0, 0.05) is 18.1 Å². The van der Waals surface area contributed by atoms with Crippen LogP contribution in [0.25, 0.3) is 27.8 Å². The Morgan fingerprint density at radius 2 is 1.68 bits per heavy atom. The highest BCUT2D eigenvalue weighted by molar-refractivity contribution is 5.98. The zero-order valence-electron chi connectivity index (χ0n) is 22.2. The van der Waals surface area contributed by atoms with Crippen molar-refractivity contribution < 1.29 is 14.7 Å². The van der Waals surface area contributed by atoms with Gasteiger partial charge in [-0.15, -0.1) is 0 Å². The van der Waals surface area contributed by atoms with Crippen molar-refractivity contribution in [2.45, 2.75) is 30.7 Å². The van der Waals surface area contributed by atoms with Gasteiger partial charge >= 0.3 is 5.97 Å². The molecule has 5 aromatic rings. The highest BCUT2D eigenvalue weighted by Gasteiger charge is 2.46. The molecule has 2 unspecified atom stereocenters. The number of aliphatic carboxylic acids is 1. The maximum absolute atomic E-state index is 13.6. The quantitative estimate of drug-likeness (QED) is 0.277. The number of rotatable bonds is 7. The summed E-state index contributed by atoms with van der Waals surface area (Å²) in [4.78, 5) is 42.8. The first kappa shape index (κ1) is 25.0. The second-order valence-electron chi connectivity index (χ2n) is 11.0. The number of aromatic nitrogens is 2. The number of nitrogens with one attached hydrogen (secondary N) is 1. The lowest BCUT2D eigenvalue weighted by molar-refractivity contribution is -0.138. The van der Waals surface area contributed by atoms with Gasteiger partial charge < -0.3 is 15.0 Å². The van der Waals surface area contributed by atoms with E-state index in [-0.39, 0.29) is 22.8 Å². The van der Waals surface area contributed by atoms with Crippen LogP contribution in [-0.4, -0.2) is 26.5 Å². The summed E-state index contributed by atoms with van der Waals surface area (Å²) < 4.78 is 1.80. The molecule has 2 aliphatic carbocycles. The third-order valence-corrected chi connectivity index (χ3v) is 8.34. The third kappa shape index (κ3) is 4.49. The number of hydrogen-bond acceptors (Lipinski definition) is 4. The number of pyridine rings is 2. The fourth-order valence-corrected chi connectivity index (χ4v) is 5.77. The molecule has 2 N–H and O–H groups in total. The van der Waals surface area contributed by atoms with Gasteiger partial charge in [-0.25, -0.2) is 4.98 Å². The van der Waals surface area contributed by atoms with Crippen LogP contribution in [0.5, 0.6) is 0 Å². The second-order valence-corrected chi connectivity index (χ2v) is 11.0. The van der Waals surface area contributed by atoms with Crippen molar-refractivity contribution in [2.24, 2.45) is 5.92 Å². The molecule has 41 heavy (non-hydrogen) atoms. The molecule has 202 valence electrons. The lowest BCUT2D eigenvalue weighted by Crippen LogP contribution is -2.37. The van der Waals surface area contributed by atoms with Crippen LogP contribution in [0.15, 0.2) is 108 Å². The molecular weight excluding hydrogens is 514 g/mol. The molecule has 2 atom stereocenters. The minimum absolute atomic E-state index is 0.0693. The molecule has 2 heterocycles. The molecule has 1 amide bonds. The first-order chi connectivity index (χ1) is 19.9. The molecular formula is C34H27N3O4. The zero-order valence-corrected chi connectivity index (χ0v) is 22.2. The van der Waals surface area contributed by atoms with Crippen LogP contribution in [0.2, 0.25) is 0 Å². The Bertz CT molecular complexity index is 1870. The monoisotopic (exact) mass is 541 g/mol. The Hall–Kier alpha value is -5.04. The van der Waals surface area contributed by atoms with Crippen molar-refractivity contribution in [1.29, 1.82) is 0 Å². The molecule has 0 aliphatic heterocycles. The highest BCUT2D eigenvalue weighted by Crippen LogP contribution is 2.48. The summed E-state index contributed by atoms with van der Waals surface area (Å²) in [6, 6.07) is 29.1. The Balaban J connectivity index is 1.25. The summed E-state index contributed by atoms with van der Waals surface area (Å²) >= 11 is 0. The van der Waals surface area contributed by atoms with Crippen LogP contribution in [0.3, 0.4) is 0 Å². The van der Waals surface area contributed by atoms with Gasteiger partial charge in [0.25, 0.3) is 5.91 Å². The molecule has 2 aromatic heterocycles. The molecule has 0 radical (unpaired) electrons. The van der Waals surface area contributed by atoms with E-state index in [1.807, 2.05) is 78.9 Å². The van der Waals surface area contributed by atoms with Crippen LogP contribution < -0.4 is 10.7 Å². The number of nitrogens with zero attached hydrogens (tertiary/aromatic N) is 2. The first-order valence-electron chi connectivity index (χ1n) is 13.8. The molecule has 2 aliphatic rings. The van der Waals surface area contributed by atoms with Gasteiger partial charge in [-0.2, -0.15) is 0 Å². The fourth-order valence-electron chi connectivity index (χ4n) is 5.77. The van der Waals surface area contributed by atoms with Gasteiger partial charge in [0.15, 0.2) is 0 Å². The molecule has 2 saturated carbocycles. The predicted octanol–water partition coefficient (Wildman–Crippen LogP) is 5.66. The standard InChI is InChI=1S/C34H27N3O4/c38-30-26-10-5-17-35-31(26)37(20-29(30)32(39)36-34(15-16-34)24-7-2-1-3-8-24)25-9-4-6-23(18-25)21-11-13-22(14-12-21)27-19-28(27)33(40)41/h1-14,17-18,20,27-28H,15-16,19H2,(H,36,39)(H,40,41). The lowest BCUT2D eigenvalue weighted by atomic mass is 10.0. The van der Waals surface area contributed by atoms with Crippen LogP contribution in [0.1, 0.15) is 46.7 Å². The lowest BCUT2D eigenvalue weighted by Gasteiger charge is -2.19. The average Bonchev–Trinajstić information content (AvgIpc) is 3.94. The molecule has 7 heteroatoms. The molecule has 0 saturated heterocycles. The van der Waals surface area contributed by atoms with Gasteiger partial charge in [0.05, 0.1) is 16.8 Å². The van der Waals surface area contributed by atoms with Crippen LogP contribution >= 0.6 is 0 Å². The van der Waals surface area contributed by atoms with E-state index in [9.17, 15) is 19.5 Å². The molecule has 2 fully saturated rings. The minimum Gasteiger partial charge on any atom is -0.481 e. The van der Waals surface area contributed by atoms with Crippen LogP contribution in [0, 0.1) is 5.92 Å². The van der Waals surface area contributed by atoms with E-state index >= 15 is 0 Å². The maximum Gasteiger partial charge on any atom is 0.307 e. The SMILES string of the molecule is O=C(NC1(c2ccccc2)CC1)c1cn(-c2cccc(-c3ccc(C4CC4C(=O)O)cc3)c2)c2ncccc2c1=O. The number of benzene rings is 3. The number of carboxylic acid groups (broad SMARTS) is 1. The van der Waals surface area contributed by atoms with Crippen LogP contribution in [0.4, 0.5) is 0 Å². The van der Waals surface area contributed by atoms with E-state index in [2.05, 4.69) is 10.3 Å². The number of hydrogen-bond donors (Lipinski definition) is 2. The number of fused-ring (bicyclic) bond motifs is 1. The molecule has 0 spiro atoms. The Morgan fingerprint density at radius 3 is 2.39 bits per heavy atom. The van der Waals surface area contributed by atoms with E-state index in [1.165, 1.54) is 0 Å². The normalized spacial score (nSPS) is 18.5. The minimum atomic E-state index is -0.742. The number of carbonyl (C=O) groups excluding carboxylic acids is 1. The summed E-state index contributed by atoms with van der Waals surface area (Å²) in [7, 11) is 0. The summed E-state index contributed by atoms with van der Waals surface area (Å²) in [5, 5.41) is 12.8. The van der Waals surface area contributed by atoms with Crippen molar-refractivity contribution in [3.8, 4) is 16.8 Å². The zero-order chi connectivity index (χ0) is 28.1. The van der Waals surface area contributed by atoms with Crippen molar-refractivity contribution in [3.05, 3.63) is 130 Å². The largest absolute Gasteiger partial charge is 0.481 e. The predicted molar refractivity (Wildman–Crippen MR) is 156 cm³/mol. The van der Waals surface area contributed by atoms with Gasteiger partial charge in [0.2, 0.25) is 5.43 Å². The molecule has 7 rings (SSSR count). The van der Waals surface area contributed by atoms with E-state index in [0.717, 1.165) is 40.8 Å². The maximum atomic E-state index is 13.6.